The molecule has 7 nitrogen and oxygen atoms in total. The molecule has 2 amide bonds. The Balaban J connectivity index is 1.48. The van der Waals surface area contributed by atoms with E-state index in [2.05, 4.69) is 20.7 Å². The average molecular weight is 597 g/mol. The van der Waals surface area contributed by atoms with Gasteiger partial charge in [-0.15, -0.1) is 0 Å². The van der Waals surface area contributed by atoms with Gasteiger partial charge in [0.1, 0.15) is 12.4 Å². The van der Waals surface area contributed by atoms with Crippen LogP contribution in [-0.2, 0) is 22.7 Å². The predicted molar refractivity (Wildman–Crippen MR) is 136 cm³/mol. The number of carbonyl (C=O) groups excluding carboxylic acids is 3. The Morgan fingerprint density at radius 3 is 2.63 bits per heavy atom. The standard InChI is InChI=1S/C24H16BrCl2NO6S/c1-32-23(30)19-7-6-15(34-19)11-28-22(29)20(35-24(28)31)10-13-8-16(25)21(18(27)9-13)33-12-14-4-2-3-5-17(14)26/h2-10H,11-12H2,1H3/b20-10+. The van der Waals surface area contributed by atoms with Crippen molar-refractivity contribution in [3.05, 3.63) is 90.6 Å². The van der Waals surface area contributed by atoms with E-state index in [0.29, 0.717) is 25.8 Å². The van der Waals surface area contributed by atoms with E-state index in [4.69, 9.17) is 32.4 Å². The summed E-state index contributed by atoms with van der Waals surface area (Å²) in [6.45, 7) is 0.110. The number of halogens is 3. The van der Waals surface area contributed by atoms with Crippen LogP contribution in [-0.4, -0.2) is 29.1 Å². The van der Waals surface area contributed by atoms with Crippen LogP contribution in [0.2, 0.25) is 10.0 Å². The number of hydrogen-bond donors (Lipinski definition) is 0. The van der Waals surface area contributed by atoms with Crippen LogP contribution in [0, 0.1) is 0 Å². The Kier molecular flexibility index (Phi) is 7.91. The van der Waals surface area contributed by atoms with Crippen LogP contribution in [0.1, 0.15) is 27.4 Å². The molecule has 2 heterocycles. The van der Waals surface area contributed by atoms with Crippen molar-refractivity contribution in [2.45, 2.75) is 13.2 Å². The van der Waals surface area contributed by atoms with Crippen molar-refractivity contribution < 1.29 is 28.3 Å². The van der Waals surface area contributed by atoms with Gasteiger partial charge >= 0.3 is 5.97 Å². The van der Waals surface area contributed by atoms with Gasteiger partial charge in [-0.05, 0) is 69.7 Å². The van der Waals surface area contributed by atoms with E-state index in [1.807, 2.05) is 18.2 Å². The van der Waals surface area contributed by atoms with E-state index in [9.17, 15) is 14.4 Å². The molecular formula is C24H16BrCl2NO6S. The quantitative estimate of drug-likeness (QED) is 0.215. The Hall–Kier alpha value is -2.72. The highest BCUT2D eigenvalue weighted by molar-refractivity contribution is 9.10. The fourth-order valence-electron chi connectivity index (χ4n) is 3.18. The number of hydrogen-bond acceptors (Lipinski definition) is 7. The third kappa shape index (κ3) is 5.75. The summed E-state index contributed by atoms with van der Waals surface area (Å²) < 4.78 is 16.4. The number of rotatable bonds is 7. The molecule has 0 unspecified atom stereocenters. The molecule has 0 saturated carbocycles. The van der Waals surface area contributed by atoms with Crippen LogP contribution in [0.4, 0.5) is 4.79 Å². The number of benzene rings is 2. The molecule has 0 N–H and O–H groups in total. The van der Waals surface area contributed by atoms with E-state index in [1.165, 1.54) is 19.2 Å². The lowest BCUT2D eigenvalue weighted by molar-refractivity contribution is -0.123. The topological polar surface area (TPSA) is 86.0 Å². The third-order valence-electron chi connectivity index (χ3n) is 4.88. The van der Waals surface area contributed by atoms with E-state index in [0.717, 1.165) is 22.2 Å². The van der Waals surface area contributed by atoms with Crippen LogP contribution >= 0.6 is 50.9 Å². The maximum atomic E-state index is 12.9. The van der Waals surface area contributed by atoms with Crippen LogP contribution in [0.5, 0.6) is 5.75 Å². The molecule has 0 aliphatic carbocycles. The molecule has 4 rings (SSSR count). The van der Waals surface area contributed by atoms with Gasteiger partial charge < -0.3 is 13.9 Å². The maximum Gasteiger partial charge on any atom is 0.373 e. The molecule has 1 aromatic heterocycles. The number of imide groups is 1. The molecule has 0 spiro atoms. The molecule has 3 aromatic rings. The number of furan rings is 1. The SMILES string of the molecule is COC(=O)c1ccc(CN2C(=O)S/C(=C/c3cc(Cl)c(OCc4ccccc4Cl)c(Br)c3)C2=O)o1. The predicted octanol–water partition coefficient (Wildman–Crippen LogP) is 6.95. The van der Waals surface area contributed by atoms with Crippen molar-refractivity contribution in [2.75, 3.05) is 7.11 Å². The number of esters is 1. The fourth-order valence-corrected chi connectivity index (χ4v) is 5.20. The average Bonchev–Trinajstić information content (AvgIpc) is 3.39. The summed E-state index contributed by atoms with van der Waals surface area (Å²) in [4.78, 5) is 38.1. The van der Waals surface area contributed by atoms with Gasteiger partial charge in [0.05, 0.1) is 28.1 Å². The second-order valence-electron chi connectivity index (χ2n) is 7.22. The van der Waals surface area contributed by atoms with E-state index < -0.39 is 17.1 Å². The van der Waals surface area contributed by atoms with Gasteiger partial charge in [-0.1, -0.05) is 41.4 Å². The van der Waals surface area contributed by atoms with E-state index in [-0.39, 0.29) is 29.6 Å². The molecule has 1 saturated heterocycles. The molecule has 11 heteroatoms. The van der Waals surface area contributed by atoms with Crippen molar-refractivity contribution in [1.82, 2.24) is 4.90 Å². The summed E-state index contributed by atoms with van der Waals surface area (Å²) in [5.74, 6) is -0.438. The lowest BCUT2D eigenvalue weighted by atomic mass is 10.2. The van der Waals surface area contributed by atoms with Crippen LogP contribution in [0.15, 0.2) is 62.3 Å². The molecule has 1 fully saturated rings. The van der Waals surface area contributed by atoms with Crippen LogP contribution in [0.25, 0.3) is 6.08 Å². The first-order chi connectivity index (χ1) is 16.8. The number of methoxy groups -OCH3 is 1. The number of thioether (sulfide) groups is 1. The number of nitrogens with zero attached hydrogens (tertiary/aromatic N) is 1. The minimum Gasteiger partial charge on any atom is -0.486 e. The largest absolute Gasteiger partial charge is 0.486 e. The second kappa shape index (κ2) is 10.9. The van der Waals surface area contributed by atoms with Crippen molar-refractivity contribution >= 4 is 74.1 Å². The highest BCUT2D eigenvalue weighted by Crippen LogP contribution is 2.38. The third-order valence-corrected chi connectivity index (χ3v) is 7.03. The molecule has 0 atom stereocenters. The van der Waals surface area contributed by atoms with Crippen molar-refractivity contribution in [1.29, 1.82) is 0 Å². The van der Waals surface area contributed by atoms with Gasteiger partial charge in [0.15, 0.2) is 5.75 Å². The normalized spacial score (nSPS) is 14.6. The molecular weight excluding hydrogens is 581 g/mol. The fraction of sp³-hybridized carbons (Fsp3) is 0.125. The maximum absolute atomic E-state index is 12.9. The minimum absolute atomic E-state index is 0.0126. The summed E-state index contributed by atoms with van der Waals surface area (Å²) >= 11 is 16.9. The molecule has 0 radical (unpaired) electrons. The molecule has 1 aliphatic rings. The van der Waals surface area contributed by atoms with Crippen molar-refractivity contribution in [3.63, 3.8) is 0 Å². The summed E-state index contributed by atoms with van der Waals surface area (Å²) in [6.07, 6.45) is 1.57. The van der Waals surface area contributed by atoms with Gasteiger partial charge in [0.25, 0.3) is 11.1 Å². The first kappa shape index (κ1) is 25.4. The first-order valence-electron chi connectivity index (χ1n) is 10.0. The summed E-state index contributed by atoms with van der Waals surface area (Å²) in [7, 11) is 1.23. The smallest absolute Gasteiger partial charge is 0.373 e. The molecule has 1 aliphatic heterocycles. The molecule has 0 bridgehead atoms. The number of ether oxygens (including phenoxy) is 2. The highest BCUT2D eigenvalue weighted by atomic mass is 79.9. The van der Waals surface area contributed by atoms with Crippen molar-refractivity contribution in [3.8, 4) is 5.75 Å². The lowest BCUT2D eigenvalue weighted by Gasteiger charge is -2.12. The summed E-state index contributed by atoms with van der Waals surface area (Å²) in [6, 6.07) is 13.6. The monoisotopic (exact) mass is 595 g/mol. The molecule has 180 valence electrons. The highest BCUT2D eigenvalue weighted by Gasteiger charge is 2.36. The zero-order valence-electron chi connectivity index (χ0n) is 18.0. The van der Waals surface area contributed by atoms with Crippen LogP contribution < -0.4 is 4.74 Å². The Labute approximate surface area is 223 Å². The summed E-state index contributed by atoms with van der Waals surface area (Å²) in [5, 5.41) is 0.452. The second-order valence-corrected chi connectivity index (χ2v) is 9.88. The summed E-state index contributed by atoms with van der Waals surface area (Å²) in [5.41, 5.74) is 1.41. The van der Waals surface area contributed by atoms with Crippen LogP contribution in [0.3, 0.4) is 0 Å². The number of carbonyl (C=O) groups is 3. The van der Waals surface area contributed by atoms with Crippen molar-refractivity contribution in [2.24, 2.45) is 0 Å². The van der Waals surface area contributed by atoms with E-state index >= 15 is 0 Å². The Morgan fingerprint density at radius 2 is 1.91 bits per heavy atom. The Bertz CT molecular complexity index is 1330. The first-order valence-corrected chi connectivity index (χ1v) is 12.4. The molecule has 2 aromatic carbocycles. The van der Waals surface area contributed by atoms with Gasteiger partial charge in [0, 0.05) is 10.6 Å². The zero-order valence-corrected chi connectivity index (χ0v) is 22.0. The van der Waals surface area contributed by atoms with Gasteiger partial charge in [-0.25, -0.2) is 4.79 Å². The van der Waals surface area contributed by atoms with Gasteiger partial charge in [-0.3, -0.25) is 14.5 Å². The minimum atomic E-state index is -0.646. The van der Waals surface area contributed by atoms with E-state index in [1.54, 1.807) is 24.3 Å². The molecule has 35 heavy (non-hydrogen) atoms. The number of amides is 2. The zero-order chi connectivity index (χ0) is 25.1. The Morgan fingerprint density at radius 1 is 1.14 bits per heavy atom. The van der Waals surface area contributed by atoms with Gasteiger partial charge in [-0.2, -0.15) is 0 Å². The lowest BCUT2D eigenvalue weighted by Crippen LogP contribution is -2.27. The van der Waals surface area contributed by atoms with Gasteiger partial charge in [0.2, 0.25) is 5.76 Å².